The fraction of sp³-hybridized carbons (Fsp3) is 0.316. The molecule has 0 aliphatic carbocycles. The molecular formula is C19H20F3NO3. The lowest BCUT2D eigenvalue weighted by Crippen LogP contribution is -2.41. The monoisotopic (exact) mass is 367 g/mol. The second-order valence-electron chi connectivity index (χ2n) is 5.67. The lowest BCUT2D eigenvalue weighted by atomic mass is 9.90. The molecule has 2 rings (SSSR count). The predicted octanol–water partition coefficient (Wildman–Crippen LogP) is 4.27. The van der Waals surface area contributed by atoms with Crippen molar-refractivity contribution in [1.82, 2.24) is 5.32 Å². The molecular weight excluding hydrogens is 347 g/mol. The summed E-state index contributed by atoms with van der Waals surface area (Å²) in [7, 11) is 1.58. The first-order chi connectivity index (χ1) is 12.3. The van der Waals surface area contributed by atoms with E-state index in [1.807, 2.05) is 37.3 Å². The van der Waals surface area contributed by atoms with E-state index in [-0.39, 0.29) is 17.9 Å². The van der Waals surface area contributed by atoms with Crippen LogP contribution >= 0.6 is 0 Å². The van der Waals surface area contributed by atoms with Crippen LogP contribution in [0.4, 0.5) is 13.2 Å². The maximum absolute atomic E-state index is 12.3. The van der Waals surface area contributed by atoms with E-state index >= 15 is 0 Å². The van der Waals surface area contributed by atoms with Crippen LogP contribution in [-0.2, 0) is 10.3 Å². The molecule has 0 saturated carbocycles. The zero-order chi connectivity index (χ0) is 19.2. The summed E-state index contributed by atoms with van der Waals surface area (Å²) in [5.74, 6) is -0.785. The molecule has 4 nitrogen and oxygen atoms in total. The summed E-state index contributed by atoms with van der Waals surface area (Å²) in [4.78, 5) is 12.3. The third kappa shape index (κ3) is 4.98. The number of halogens is 3. The number of methoxy groups -OCH3 is 1. The minimum Gasteiger partial charge on any atom is -0.406 e. The summed E-state index contributed by atoms with van der Waals surface area (Å²) < 4.78 is 46.0. The average molecular weight is 367 g/mol. The summed E-state index contributed by atoms with van der Waals surface area (Å²) in [6.07, 6.45) is -4.13. The quantitative estimate of drug-likeness (QED) is 0.795. The predicted molar refractivity (Wildman–Crippen MR) is 90.9 cm³/mol. The van der Waals surface area contributed by atoms with Crippen molar-refractivity contribution in [2.75, 3.05) is 13.7 Å². The van der Waals surface area contributed by atoms with Gasteiger partial charge >= 0.3 is 6.36 Å². The first-order valence-corrected chi connectivity index (χ1v) is 8.04. The molecule has 7 heteroatoms. The van der Waals surface area contributed by atoms with Crippen LogP contribution in [-0.4, -0.2) is 25.9 Å². The molecule has 0 aliphatic heterocycles. The number of nitrogens with one attached hydrogen (secondary N) is 1. The van der Waals surface area contributed by atoms with Crippen molar-refractivity contribution < 1.29 is 27.4 Å². The SMILES string of the molecule is CCC(CNC(=O)c1ccc(OC(F)(F)F)cc1)(OC)c1ccccc1. The van der Waals surface area contributed by atoms with Gasteiger partial charge in [0.05, 0.1) is 6.54 Å². The van der Waals surface area contributed by atoms with Gasteiger partial charge in [0.2, 0.25) is 0 Å². The molecule has 0 heterocycles. The van der Waals surface area contributed by atoms with Crippen molar-refractivity contribution in [1.29, 1.82) is 0 Å². The fourth-order valence-electron chi connectivity index (χ4n) is 2.64. The van der Waals surface area contributed by atoms with Crippen molar-refractivity contribution in [3.05, 3.63) is 65.7 Å². The highest BCUT2D eigenvalue weighted by Gasteiger charge is 2.32. The molecule has 26 heavy (non-hydrogen) atoms. The second kappa shape index (κ2) is 8.23. The van der Waals surface area contributed by atoms with E-state index < -0.39 is 17.9 Å². The number of alkyl halides is 3. The number of ether oxygens (including phenoxy) is 2. The molecule has 0 fully saturated rings. The first kappa shape index (κ1) is 19.8. The number of carbonyl (C=O) groups is 1. The van der Waals surface area contributed by atoms with Crippen molar-refractivity contribution in [3.8, 4) is 5.75 Å². The van der Waals surface area contributed by atoms with Crippen molar-refractivity contribution in [2.24, 2.45) is 0 Å². The van der Waals surface area contributed by atoms with Crippen LogP contribution in [0.5, 0.6) is 5.75 Å². The maximum Gasteiger partial charge on any atom is 0.573 e. The molecule has 0 spiro atoms. The van der Waals surface area contributed by atoms with Gasteiger partial charge in [0.15, 0.2) is 0 Å². The molecule has 0 radical (unpaired) electrons. The number of hydrogen-bond acceptors (Lipinski definition) is 3. The van der Waals surface area contributed by atoms with E-state index in [1.165, 1.54) is 12.1 Å². The molecule has 1 amide bonds. The van der Waals surface area contributed by atoms with Crippen LogP contribution in [0, 0.1) is 0 Å². The molecule has 2 aromatic carbocycles. The Kier molecular flexibility index (Phi) is 6.26. The molecule has 1 N–H and O–H groups in total. The Labute approximate surface area is 149 Å². The lowest BCUT2D eigenvalue weighted by molar-refractivity contribution is -0.274. The van der Waals surface area contributed by atoms with Gasteiger partial charge in [0.1, 0.15) is 11.4 Å². The normalized spacial score (nSPS) is 13.7. The summed E-state index contributed by atoms with van der Waals surface area (Å²) in [6.45, 7) is 2.18. The largest absolute Gasteiger partial charge is 0.573 e. The van der Waals surface area contributed by atoms with Crippen molar-refractivity contribution in [2.45, 2.75) is 25.3 Å². The minimum absolute atomic E-state index is 0.226. The molecule has 0 bridgehead atoms. The van der Waals surface area contributed by atoms with Gasteiger partial charge in [-0.15, -0.1) is 13.2 Å². The molecule has 0 aromatic heterocycles. The first-order valence-electron chi connectivity index (χ1n) is 8.04. The Morgan fingerprint density at radius 3 is 2.15 bits per heavy atom. The van der Waals surface area contributed by atoms with Gasteiger partial charge in [-0.05, 0) is 36.2 Å². The van der Waals surface area contributed by atoms with E-state index in [1.54, 1.807) is 7.11 Å². The van der Waals surface area contributed by atoms with Gasteiger partial charge in [-0.3, -0.25) is 4.79 Å². The van der Waals surface area contributed by atoms with Crippen LogP contribution in [0.25, 0.3) is 0 Å². The minimum atomic E-state index is -4.77. The average Bonchev–Trinajstić information content (AvgIpc) is 2.63. The number of carbonyl (C=O) groups excluding carboxylic acids is 1. The Morgan fingerprint density at radius 2 is 1.65 bits per heavy atom. The summed E-state index contributed by atoms with van der Waals surface area (Å²) >= 11 is 0. The highest BCUT2D eigenvalue weighted by atomic mass is 19.4. The van der Waals surface area contributed by atoms with Gasteiger partial charge in [-0.1, -0.05) is 37.3 Å². The highest BCUT2D eigenvalue weighted by Crippen LogP contribution is 2.28. The lowest BCUT2D eigenvalue weighted by Gasteiger charge is -2.32. The smallest absolute Gasteiger partial charge is 0.406 e. The molecule has 1 atom stereocenters. The summed E-state index contributed by atoms with van der Waals surface area (Å²) in [5, 5.41) is 2.78. The zero-order valence-electron chi connectivity index (χ0n) is 14.5. The third-order valence-electron chi connectivity index (χ3n) is 4.15. The van der Waals surface area contributed by atoms with Crippen LogP contribution in [0.1, 0.15) is 29.3 Å². The van der Waals surface area contributed by atoms with Gasteiger partial charge in [-0.25, -0.2) is 0 Å². The Hall–Kier alpha value is -2.54. The van der Waals surface area contributed by atoms with E-state index in [9.17, 15) is 18.0 Å². The standard InChI is InChI=1S/C19H20F3NO3/c1-3-18(25-2,15-7-5-4-6-8-15)13-23-17(24)14-9-11-16(12-10-14)26-19(20,21)22/h4-12H,3,13H2,1-2H3,(H,23,24). The van der Waals surface area contributed by atoms with Crippen LogP contribution in [0.2, 0.25) is 0 Å². The van der Waals surface area contributed by atoms with Crippen LogP contribution < -0.4 is 10.1 Å². The molecule has 0 saturated heterocycles. The molecule has 2 aromatic rings. The van der Waals surface area contributed by atoms with Gasteiger partial charge in [0.25, 0.3) is 5.91 Å². The van der Waals surface area contributed by atoms with Gasteiger partial charge in [0, 0.05) is 12.7 Å². The summed E-state index contributed by atoms with van der Waals surface area (Å²) in [6, 6.07) is 14.3. The molecule has 0 aliphatic rings. The fourth-order valence-corrected chi connectivity index (χ4v) is 2.64. The van der Waals surface area contributed by atoms with Crippen molar-refractivity contribution >= 4 is 5.91 Å². The van der Waals surface area contributed by atoms with Gasteiger partial charge in [-0.2, -0.15) is 0 Å². The van der Waals surface area contributed by atoms with Gasteiger partial charge < -0.3 is 14.8 Å². The molecule has 140 valence electrons. The zero-order valence-corrected chi connectivity index (χ0v) is 14.5. The number of amides is 1. The van der Waals surface area contributed by atoms with Crippen LogP contribution in [0.3, 0.4) is 0 Å². The Morgan fingerprint density at radius 1 is 1.04 bits per heavy atom. The highest BCUT2D eigenvalue weighted by molar-refractivity contribution is 5.94. The Balaban J connectivity index is 2.06. The maximum atomic E-state index is 12.3. The third-order valence-corrected chi connectivity index (χ3v) is 4.15. The summed E-state index contributed by atoms with van der Waals surface area (Å²) in [5.41, 5.74) is 0.476. The topological polar surface area (TPSA) is 47.6 Å². The number of rotatable bonds is 7. The Bertz CT molecular complexity index is 711. The number of hydrogen-bond donors (Lipinski definition) is 1. The molecule has 1 unspecified atom stereocenters. The van der Waals surface area contributed by atoms with Crippen LogP contribution in [0.15, 0.2) is 54.6 Å². The van der Waals surface area contributed by atoms with Crippen molar-refractivity contribution in [3.63, 3.8) is 0 Å². The number of benzene rings is 2. The van der Waals surface area contributed by atoms with E-state index in [4.69, 9.17) is 4.74 Å². The van der Waals surface area contributed by atoms with E-state index in [2.05, 4.69) is 10.1 Å². The van der Waals surface area contributed by atoms with E-state index in [0.717, 1.165) is 17.7 Å². The van der Waals surface area contributed by atoms with E-state index in [0.29, 0.717) is 6.42 Å². The second-order valence-corrected chi connectivity index (χ2v) is 5.67.